The van der Waals surface area contributed by atoms with Crippen LogP contribution in [0.2, 0.25) is 18.1 Å². The van der Waals surface area contributed by atoms with Gasteiger partial charge in [0.05, 0.1) is 5.76 Å². The molecule has 0 bridgehead atoms. The molecule has 2 nitrogen and oxygen atoms in total. The highest BCUT2D eigenvalue weighted by molar-refractivity contribution is 6.74. The zero-order valence-electron chi connectivity index (χ0n) is 13.6. The summed E-state index contributed by atoms with van der Waals surface area (Å²) in [6.45, 7) is 17.4. The van der Waals surface area contributed by atoms with E-state index in [1.165, 1.54) is 11.1 Å². The number of hydrogen-bond acceptors (Lipinski definition) is 2. The van der Waals surface area contributed by atoms with Gasteiger partial charge < -0.3 is 9.16 Å². The lowest BCUT2D eigenvalue weighted by atomic mass is 10.00. The van der Waals surface area contributed by atoms with E-state index in [0.717, 1.165) is 30.1 Å². The fourth-order valence-corrected chi connectivity index (χ4v) is 3.16. The summed E-state index contributed by atoms with van der Waals surface area (Å²) < 4.78 is 12.2. The maximum atomic E-state index is 6.38. The summed E-state index contributed by atoms with van der Waals surface area (Å²) in [5.74, 6) is 2.71. The average molecular weight is 290 g/mol. The summed E-state index contributed by atoms with van der Waals surface area (Å²) in [7, 11) is -1.81. The van der Waals surface area contributed by atoms with E-state index >= 15 is 0 Å². The minimum absolute atomic E-state index is 0.196. The van der Waals surface area contributed by atoms with Gasteiger partial charge in [-0.2, -0.15) is 0 Å². The predicted molar refractivity (Wildman–Crippen MR) is 87.1 cm³/mol. The molecule has 0 radical (unpaired) electrons. The van der Waals surface area contributed by atoms with Gasteiger partial charge in [0.15, 0.2) is 0 Å². The Balaban J connectivity index is 2.33. The molecule has 1 aliphatic heterocycles. The van der Waals surface area contributed by atoms with Gasteiger partial charge in [-0.05, 0) is 48.7 Å². The lowest BCUT2D eigenvalue weighted by Gasteiger charge is -2.37. The highest BCUT2D eigenvalue weighted by atomic mass is 28.4. The van der Waals surface area contributed by atoms with Crippen LogP contribution in [0.5, 0.6) is 11.5 Å². The first kappa shape index (κ1) is 15.2. The minimum Gasteiger partial charge on any atom is -0.543 e. The number of rotatable bonds is 2. The molecule has 0 unspecified atom stereocenters. The second-order valence-electron chi connectivity index (χ2n) is 7.22. The van der Waals surface area contributed by atoms with E-state index in [-0.39, 0.29) is 5.04 Å². The maximum Gasteiger partial charge on any atom is 0.250 e. The second kappa shape index (κ2) is 4.96. The van der Waals surface area contributed by atoms with Crippen LogP contribution in [0.1, 0.15) is 38.3 Å². The van der Waals surface area contributed by atoms with Crippen LogP contribution in [0, 0.1) is 6.92 Å². The Kier molecular flexibility index (Phi) is 3.76. The molecule has 1 aromatic carbocycles. The van der Waals surface area contributed by atoms with E-state index < -0.39 is 8.32 Å². The number of fused-ring (bicyclic) bond motifs is 1. The third-order valence-corrected chi connectivity index (χ3v) is 8.85. The van der Waals surface area contributed by atoms with E-state index in [4.69, 9.17) is 9.16 Å². The molecule has 2 rings (SSSR count). The molecule has 1 aromatic rings. The van der Waals surface area contributed by atoms with Gasteiger partial charge in [-0.3, -0.25) is 0 Å². The zero-order chi connectivity index (χ0) is 15.1. The van der Waals surface area contributed by atoms with Gasteiger partial charge >= 0.3 is 0 Å². The van der Waals surface area contributed by atoms with Crippen molar-refractivity contribution in [2.24, 2.45) is 0 Å². The summed E-state index contributed by atoms with van der Waals surface area (Å²) in [6, 6.07) is 4.18. The Bertz CT molecular complexity index is 539. The van der Waals surface area contributed by atoms with Gasteiger partial charge in [0.25, 0.3) is 0 Å². The van der Waals surface area contributed by atoms with Gasteiger partial charge in [-0.25, -0.2) is 0 Å². The van der Waals surface area contributed by atoms with Crippen molar-refractivity contribution in [3.63, 3.8) is 0 Å². The number of aryl methyl sites for hydroxylation is 1. The molecule has 1 aliphatic rings. The number of ether oxygens (including phenoxy) is 1. The molecule has 0 saturated carbocycles. The van der Waals surface area contributed by atoms with Crippen molar-refractivity contribution < 1.29 is 9.16 Å². The molecule has 0 N–H and O–H groups in total. The van der Waals surface area contributed by atoms with Crippen molar-refractivity contribution >= 4 is 8.32 Å². The van der Waals surface area contributed by atoms with Crippen molar-refractivity contribution in [3.8, 4) is 11.5 Å². The van der Waals surface area contributed by atoms with Crippen molar-refractivity contribution in [3.05, 3.63) is 35.6 Å². The Labute approximate surface area is 123 Å². The lowest BCUT2D eigenvalue weighted by Crippen LogP contribution is -2.43. The molecule has 3 heteroatoms. The van der Waals surface area contributed by atoms with Crippen LogP contribution < -0.4 is 9.16 Å². The van der Waals surface area contributed by atoms with Crippen molar-refractivity contribution in [2.75, 3.05) is 0 Å². The first-order chi connectivity index (χ1) is 9.10. The van der Waals surface area contributed by atoms with E-state index in [1.807, 2.05) is 6.07 Å². The van der Waals surface area contributed by atoms with Crippen LogP contribution >= 0.6 is 0 Å². The van der Waals surface area contributed by atoms with Gasteiger partial charge in [0, 0.05) is 12.5 Å². The molecular formula is C17H26O2Si. The molecule has 1 heterocycles. The smallest absolute Gasteiger partial charge is 0.250 e. The van der Waals surface area contributed by atoms with Gasteiger partial charge in [0.1, 0.15) is 11.5 Å². The maximum absolute atomic E-state index is 6.38. The van der Waals surface area contributed by atoms with Crippen molar-refractivity contribution in [2.45, 2.75) is 58.7 Å². The third kappa shape index (κ3) is 2.93. The normalized spacial score (nSPS) is 15.6. The summed E-state index contributed by atoms with van der Waals surface area (Å²) in [6.07, 6.45) is 1.93. The summed E-state index contributed by atoms with van der Waals surface area (Å²) >= 11 is 0. The number of hydrogen-bond donors (Lipinski definition) is 0. The van der Waals surface area contributed by atoms with Crippen LogP contribution in [0.15, 0.2) is 24.5 Å². The molecule has 0 saturated heterocycles. The van der Waals surface area contributed by atoms with Crippen LogP contribution in [-0.4, -0.2) is 8.32 Å². The molecular weight excluding hydrogens is 264 g/mol. The van der Waals surface area contributed by atoms with E-state index in [9.17, 15) is 0 Å². The molecule has 110 valence electrons. The van der Waals surface area contributed by atoms with Gasteiger partial charge in [-0.1, -0.05) is 27.4 Å². The molecule has 0 amide bonds. The van der Waals surface area contributed by atoms with Crippen LogP contribution in [-0.2, 0) is 6.42 Å². The van der Waals surface area contributed by atoms with Crippen molar-refractivity contribution in [1.29, 1.82) is 0 Å². The Morgan fingerprint density at radius 2 is 1.85 bits per heavy atom. The van der Waals surface area contributed by atoms with E-state index in [1.54, 1.807) is 0 Å². The van der Waals surface area contributed by atoms with E-state index in [0.29, 0.717) is 0 Å². The van der Waals surface area contributed by atoms with Crippen LogP contribution in [0.3, 0.4) is 0 Å². The predicted octanol–water partition coefficient (Wildman–Crippen LogP) is 5.22. The van der Waals surface area contributed by atoms with Crippen LogP contribution in [0.25, 0.3) is 0 Å². The third-order valence-electron chi connectivity index (χ3n) is 4.49. The molecule has 20 heavy (non-hydrogen) atoms. The standard InChI is InChI=1S/C17H26O2Si/c1-12-10-14(19-20(6,7)17(3,4)5)11-16-15(12)9-8-13(2)18-16/h10-11H,2,8-9H2,1,3-7H3. The highest BCUT2D eigenvalue weighted by Crippen LogP contribution is 2.40. The molecule has 0 aliphatic carbocycles. The lowest BCUT2D eigenvalue weighted by molar-refractivity contribution is 0.377. The largest absolute Gasteiger partial charge is 0.543 e. The number of allylic oxidation sites excluding steroid dienone is 1. The molecule has 0 fully saturated rings. The highest BCUT2D eigenvalue weighted by Gasteiger charge is 2.39. The first-order valence-corrected chi connectivity index (χ1v) is 10.2. The monoisotopic (exact) mass is 290 g/mol. The SMILES string of the molecule is C=C1CCc2c(C)cc(O[Si](C)(C)C(C)(C)C)cc2O1. The Morgan fingerprint density at radius 3 is 2.45 bits per heavy atom. The summed E-state index contributed by atoms with van der Waals surface area (Å²) in [5, 5.41) is 0.196. The Hall–Kier alpha value is -1.22. The van der Waals surface area contributed by atoms with E-state index in [2.05, 4.69) is 53.4 Å². The minimum atomic E-state index is -1.81. The molecule has 0 spiro atoms. The van der Waals surface area contributed by atoms with Crippen LogP contribution in [0.4, 0.5) is 0 Å². The molecule has 0 aromatic heterocycles. The zero-order valence-corrected chi connectivity index (χ0v) is 14.6. The number of benzene rings is 1. The molecule has 0 atom stereocenters. The second-order valence-corrected chi connectivity index (χ2v) is 11.9. The quantitative estimate of drug-likeness (QED) is 0.695. The fraction of sp³-hybridized carbons (Fsp3) is 0.529. The summed E-state index contributed by atoms with van der Waals surface area (Å²) in [4.78, 5) is 0. The van der Waals surface area contributed by atoms with Crippen molar-refractivity contribution in [1.82, 2.24) is 0 Å². The van der Waals surface area contributed by atoms with Gasteiger partial charge in [-0.15, -0.1) is 0 Å². The first-order valence-electron chi connectivity index (χ1n) is 7.28. The topological polar surface area (TPSA) is 18.5 Å². The Morgan fingerprint density at radius 1 is 1.20 bits per heavy atom. The summed E-state index contributed by atoms with van der Waals surface area (Å²) in [5.41, 5.74) is 2.55. The average Bonchev–Trinajstić information content (AvgIpc) is 2.25. The fourth-order valence-electron chi connectivity index (χ4n) is 2.14. The van der Waals surface area contributed by atoms with Gasteiger partial charge in [0.2, 0.25) is 8.32 Å².